The van der Waals surface area contributed by atoms with Crippen molar-refractivity contribution in [2.75, 3.05) is 6.61 Å². The van der Waals surface area contributed by atoms with E-state index in [1.165, 1.54) is 19.3 Å². The van der Waals surface area contributed by atoms with Crippen LogP contribution in [0.3, 0.4) is 0 Å². The molecule has 1 aliphatic rings. The average molecular weight is 289 g/mol. The van der Waals surface area contributed by atoms with E-state index in [9.17, 15) is 4.79 Å². The van der Waals surface area contributed by atoms with Gasteiger partial charge in [0, 0.05) is 29.8 Å². The molecule has 1 aromatic rings. The lowest BCUT2D eigenvalue weighted by molar-refractivity contribution is 0.0939. The van der Waals surface area contributed by atoms with Crippen LogP contribution in [0.2, 0.25) is 0 Å². The summed E-state index contributed by atoms with van der Waals surface area (Å²) < 4.78 is 5.75. The number of carbonyl (C=O) groups is 1. The summed E-state index contributed by atoms with van der Waals surface area (Å²) in [5.41, 5.74) is 1.90. The highest BCUT2D eigenvalue weighted by Crippen LogP contribution is 2.28. The van der Waals surface area contributed by atoms with Gasteiger partial charge in [0.1, 0.15) is 5.75 Å². The van der Waals surface area contributed by atoms with E-state index < -0.39 is 0 Å². The number of hydrogen-bond acceptors (Lipinski definition) is 3. The fourth-order valence-corrected chi connectivity index (χ4v) is 3.20. The van der Waals surface area contributed by atoms with Crippen molar-refractivity contribution in [1.82, 2.24) is 4.90 Å². The Morgan fingerprint density at radius 2 is 1.95 bits per heavy atom. The Labute approximate surface area is 128 Å². The number of Topliss-reactive ketones (excluding diaryl/α,β-unsaturated/α-hetero) is 1. The number of hydrogen-bond donors (Lipinski definition) is 0. The lowest BCUT2D eigenvalue weighted by Crippen LogP contribution is -2.43. The summed E-state index contributed by atoms with van der Waals surface area (Å²) in [6.07, 6.45) is 3.81. The minimum absolute atomic E-state index is 0.110. The lowest BCUT2D eigenvalue weighted by atomic mass is 9.96. The molecule has 116 valence electrons. The Balaban J connectivity index is 2.27. The Kier molecular flexibility index (Phi) is 5.40. The first-order chi connectivity index (χ1) is 10.0. The van der Waals surface area contributed by atoms with Crippen molar-refractivity contribution in [3.63, 3.8) is 0 Å². The van der Waals surface area contributed by atoms with Crippen molar-refractivity contribution in [2.24, 2.45) is 0 Å². The second-order valence-electron chi connectivity index (χ2n) is 6.11. The van der Waals surface area contributed by atoms with E-state index in [0.29, 0.717) is 18.7 Å². The number of likely N-dealkylation sites (tertiary alicyclic amines) is 1. The molecule has 2 atom stereocenters. The van der Waals surface area contributed by atoms with Crippen LogP contribution in [-0.2, 0) is 6.54 Å². The van der Waals surface area contributed by atoms with Gasteiger partial charge in [-0.15, -0.1) is 0 Å². The summed E-state index contributed by atoms with van der Waals surface area (Å²) in [5, 5.41) is 0. The van der Waals surface area contributed by atoms with Gasteiger partial charge in [-0.2, -0.15) is 0 Å². The maximum Gasteiger partial charge on any atom is 0.159 e. The normalized spacial score (nSPS) is 23.0. The van der Waals surface area contributed by atoms with Crippen LogP contribution in [0.1, 0.15) is 62.9 Å². The van der Waals surface area contributed by atoms with Gasteiger partial charge in [0.2, 0.25) is 0 Å². The number of piperidine rings is 1. The molecule has 3 heteroatoms. The van der Waals surface area contributed by atoms with Crippen molar-refractivity contribution in [3.05, 3.63) is 29.3 Å². The molecule has 0 amide bonds. The van der Waals surface area contributed by atoms with Gasteiger partial charge in [-0.05, 0) is 58.7 Å². The maximum atomic E-state index is 11.6. The SMILES string of the molecule is CCOc1ccc(C(C)=O)cc1CN1[C@H](C)CCC[C@@H]1C. The number of ketones is 1. The van der Waals surface area contributed by atoms with E-state index in [-0.39, 0.29) is 5.78 Å². The number of nitrogens with zero attached hydrogens (tertiary/aromatic N) is 1. The molecule has 0 aliphatic carbocycles. The quantitative estimate of drug-likeness (QED) is 0.766. The molecule has 0 spiro atoms. The third kappa shape index (κ3) is 3.85. The molecule has 0 unspecified atom stereocenters. The van der Waals surface area contributed by atoms with Crippen LogP contribution in [0.25, 0.3) is 0 Å². The second-order valence-corrected chi connectivity index (χ2v) is 6.11. The molecular weight excluding hydrogens is 262 g/mol. The van der Waals surface area contributed by atoms with Crippen LogP contribution in [0, 0.1) is 0 Å². The van der Waals surface area contributed by atoms with E-state index in [2.05, 4.69) is 18.7 Å². The predicted molar refractivity (Wildman–Crippen MR) is 85.9 cm³/mol. The van der Waals surface area contributed by atoms with Crippen LogP contribution in [0.15, 0.2) is 18.2 Å². The molecule has 0 aromatic heterocycles. The first kappa shape index (κ1) is 16.0. The summed E-state index contributed by atoms with van der Waals surface area (Å²) in [7, 11) is 0. The molecular formula is C18H27NO2. The van der Waals surface area contributed by atoms with E-state index in [0.717, 1.165) is 23.4 Å². The highest BCUT2D eigenvalue weighted by atomic mass is 16.5. The van der Waals surface area contributed by atoms with Gasteiger partial charge in [-0.25, -0.2) is 0 Å². The predicted octanol–water partition coefficient (Wildman–Crippen LogP) is 4.05. The highest BCUT2D eigenvalue weighted by molar-refractivity contribution is 5.94. The summed E-state index contributed by atoms with van der Waals surface area (Å²) in [6, 6.07) is 6.98. The van der Waals surface area contributed by atoms with Gasteiger partial charge in [0.15, 0.2) is 5.78 Å². The molecule has 1 fully saturated rings. The van der Waals surface area contributed by atoms with Crippen LogP contribution >= 0.6 is 0 Å². The third-order valence-electron chi connectivity index (χ3n) is 4.50. The Morgan fingerprint density at radius 1 is 1.29 bits per heavy atom. The molecule has 0 bridgehead atoms. The van der Waals surface area contributed by atoms with Crippen molar-refractivity contribution in [1.29, 1.82) is 0 Å². The lowest BCUT2D eigenvalue weighted by Gasteiger charge is -2.39. The largest absolute Gasteiger partial charge is 0.494 e. The first-order valence-corrected chi connectivity index (χ1v) is 8.05. The monoisotopic (exact) mass is 289 g/mol. The topological polar surface area (TPSA) is 29.5 Å². The summed E-state index contributed by atoms with van der Waals surface area (Å²) in [4.78, 5) is 14.2. The minimum atomic E-state index is 0.110. The van der Waals surface area contributed by atoms with E-state index in [1.807, 2.05) is 25.1 Å². The zero-order valence-corrected chi connectivity index (χ0v) is 13.7. The fourth-order valence-electron chi connectivity index (χ4n) is 3.20. The summed E-state index contributed by atoms with van der Waals surface area (Å²) in [5.74, 6) is 1.02. The van der Waals surface area contributed by atoms with Crippen LogP contribution in [0.4, 0.5) is 0 Å². The molecule has 21 heavy (non-hydrogen) atoms. The van der Waals surface area contributed by atoms with Crippen molar-refractivity contribution < 1.29 is 9.53 Å². The van der Waals surface area contributed by atoms with E-state index in [1.54, 1.807) is 6.92 Å². The summed E-state index contributed by atoms with van der Waals surface area (Å²) >= 11 is 0. The highest BCUT2D eigenvalue weighted by Gasteiger charge is 2.25. The van der Waals surface area contributed by atoms with Gasteiger partial charge < -0.3 is 4.74 Å². The molecule has 0 saturated carbocycles. The second kappa shape index (κ2) is 7.08. The first-order valence-electron chi connectivity index (χ1n) is 8.05. The van der Waals surface area contributed by atoms with Gasteiger partial charge in [-0.3, -0.25) is 9.69 Å². The minimum Gasteiger partial charge on any atom is -0.494 e. The number of benzene rings is 1. The summed E-state index contributed by atoms with van der Waals surface area (Å²) in [6.45, 7) is 9.71. The van der Waals surface area contributed by atoms with Crippen LogP contribution < -0.4 is 4.74 Å². The fraction of sp³-hybridized carbons (Fsp3) is 0.611. The Bertz CT molecular complexity index is 488. The molecule has 1 aliphatic heterocycles. The van der Waals surface area contributed by atoms with Crippen molar-refractivity contribution in [3.8, 4) is 5.75 Å². The standard InChI is InChI=1S/C18H27NO2/c1-5-21-18-10-9-16(15(4)20)11-17(18)12-19-13(2)7-6-8-14(19)3/h9-11,13-14H,5-8,12H2,1-4H3/t13-,14+. The van der Waals surface area contributed by atoms with Gasteiger partial charge in [0.25, 0.3) is 0 Å². The van der Waals surface area contributed by atoms with Crippen LogP contribution in [0.5, 0.6) is 5.75 Å². The molecule has 0 N–H and O–H groups in total. The molecule has 1 aromatic carbocycles. The zero-order valence-electron chi connectivity index (χ0n) is 13.7. The Morgan fingerprint density at radius 3 is 2.52 bits per heavy atom. The van der Waals surface area contributed by atoms with Crippen molar-refractivity contribution in [2.45, 2.75) is 65.6 Å². The van der Waals surface area contributed by atoms with E-state index in [4.69, 9.17) is 4.74 Å². The van der Waals surface area contributed by atoms with Crippen molar-refractivity contribution >= 4 is 5.78 Å². The van der Waals surface area contributed by atoms with Gasteiger partial charge >= 0.3 is 0 Å². The Hall–Kier alpha value is -1.35. The van der Waals surface area contributed by atoms with Crippen LogP contribution in [-0.4, -0.2) is 29.4 Å². The molecule has 3 nitrogen and oxygen atoms in total. The number of ether oxygens (including phenoxy) is 1. The average Bonchev–Trinajstić information content (AvgIpc) is 2.44. The number of rotatable bonds is 5. The molecule has 1 heterocycles. The molecule has 0 radical (unpaired) electrons. The number of carbonyl (C=O) groups excluding carboxylic acids is 1. The zero-order chi connectivity index (χ0) is 15.4. The smallest absolute Gasteiger partial charge is 0.159 e. The molecule has 2 rings (SSSR count). The molecule has 1 saturated heterocycles. The van der Waals surface area contributed by atoms with E-state index >= 15 is 0 Å². The van der Waals surface area contributed by atoms with Gasteiger partial charge in [0.05, 0.1) is 6.61 Å². The third-order valence-corrected chi connectivity index (χ3v) is 4.50. The van der Waals surface area contributed by atoms with Gasteiger partial charge in [-0.1, -0.05) is 6.42 Å². The maximum absolute atomic E-state index is 11.6.